The molecule has 9 heteroatoms. The average Bonchev–Trinajstić information content (AvgIpc) is 3.33. The molecule has 0 saturated carbocycles. The van der Waals surface area contributed by atoms with E-state index in [0.717, 1.165) is 42.5 Å². The number of benzene rings is 2. The Morgan fingerprint density at radius 2 is 1.29 bits per heavy atom. The molecule has 0 saturated heterocycles. The maximum absolute atomic E-state index is 9.10. The van der Waals surface area contributed by atoms with E-state index in [-0.39, 0.29) is 0 Å². The summed E-state index contributed by atoms with van der Waals surface area (Å²) in [6.45, 7) is 2.34. The Kier molecular flexibility index (Phi) is 6.18. The SMILES string of the molecule is O=C(O)C(=O)O.c1cc2c(cc1CCNCc1ccc3c(c1)OCO3)OCO2. The lowest BCUT2D eigenvalue weighted by molar-refractivity contribution is -0.159. The third-order valence-corrected chi connectivity index (χ3v) is 3.98. The fraction of sp³-hybridized carbons (Fsp3) is 0.263. The molecule has 2 heterocycles. The van der Waals surface area contributed by atoms with Gasteiger partial charge in [-0.05, 0) is 48.4 Å². The van der Waals surface area contributed by atoms with Crippen LogP contribution in [0.2, 0.25) is 0 Å². The Morgan fingerprint density at radius 1 is 0.786 bits per heavy atom. The fourth-order valence-corrected chi connectivity index (χ4v) is 2.61. The van der Waals surface area contributed by atoms with E-state index in [1.165, 1.54) is 11.1 Å². The third kappa shape index (κ3) is 5.04. The maximum atomic E-state index is 9.10. The van der Waals surface area contributed by atoms with E-state index in [1.807, 2.05) is 24.3 Å². The summed E-state index contributed by atoms with van der Waals surface area (Å²) in [5.41, 5.74) is 2.43. The van der Waals surface area contributed by atoms with Crippen molar-refractivity contribution in [3.8, 4) is 23.0 Å². The topological polar surface area (TPSA) is 124 Å². The minimum absolute atomic E-state index is 0.316. The quantitative estimate of drug-likeness (QED) is 0.517. The zero-order chi connectivity index (χ0) is 19.9. The van der Waals surface area contributed by atoms with Crippen molar-refractivity contribution < 1.29 is 38.7 Å². The lowest BCUT2D eigenvalue weighted by atomic mass is 10.1. The van der Waals surface area contributed by atoms with E-state index in [0.29, 0.717) is 13.6 Å². The largest absolute Gasteiger partial charge is 0.473 e. The van der Waals surface area contributed by atoms with E-state index in [2.05, 4.69) is 17.4 Å². The van der Waals surface area contributed by atoms with Crippen molar-refractivity contribution in [1.82, 2.24) is 5.32 Å². The Balaban J connectivity index is 0.000000330. The molecule has 0 atom stereocenters. The van der Waals surface area contributed by atoms with Crippen LogP contribution in [-0.2, 0) is 22.6 Å². The highest BCUT2D eigenvalue weighted by atomic mass is 16.7. The zero-order valence-electron chi connectivity index (χ0n) is 14.8. The van der Waals surface area contributed by atoms with Gasteiger partial charge in [0.05, 0.1) is 0 Å². The number of nitrogens with one attached hydrogen (secondary N) is 1. The molecule has 0 spiro atoms. The van der Waals surface area contributed by atoms with Crippen LogP contribution in [0.5, 0.6) is 23.0 Å². The lowest BCUT2D eigenvalue weighted by Crippen LogP contribution is -2.16. The van der Waals surface area contributed by atoms with Crippen LogP contribution < -0.4 is 24.3 Å². The number of ether oxygens (including phenoxy) is 4. The zero-order valence-corrected chi connectivity index (χ0v) is 14.8. The molecule has 4 rings (SSSR count). The molecule has 0 bridgehead atoms. The average molecular weight is 389 g/mol. The molecule has 0 fully saturated rings. The van der Waals surface area contributed by atoms with Gasteiger partial charge in [-0.25, -0.2) is 9.59 Å². The number of fused-ring (bicyclic) bond motifs is 2. The minimum atomic E-state index is -1.82. The van der Waals surface area contributed by atoms with Gasteiger partial charge >= 0.3 is 11.9 Å². The predicted molar refractivity (Wildman–Crippen MR) is 95.8 cm³/mol. The van der Waals surface area contributed by atoms with Gasteiger partial charge in [-0.1, -0.05) is 12.1 Å². The van der Waals surface area contributed by atoms with Crippen LogP contribution in [0, 0.1) is 0 Å². The molecule has 0 unspecified atom stereocenters. The number of rotatable bonds is 5. The molecule has 28 heavy (non-hydrogen) atoms. The summed E-state index contributed by atoms with van der Waals surface area (Å²) in [7, 11) is 0. The van der Waals surface area contributed by atoms with Gasteiger partial charge in [0.1, 0.15) is 0 Å². The molecule has 148 valence electrons. The van der Waals surface area contributed by atoms with Crippen molar-refractivity contribution in [2.45, 2.75) is 13.0 Å². The number of hydrogen-bond acceptors (Lipinski definition) is 7. The molecule has 0 aromatic heterocycles. The van der Waals surface area contributed by atoms with Crippen LogP contribution in [0.3, 0.4) is 0 Å². The molecular weight excluding hydrogens is 370 g/mol. The van der Waals surface area contributed by atoms with Crippen LogP contribution in [0.15, 0.2) is 36.4 Å². The van der Waals surface area contributed by atoms with Crippen molar-refractivity contribution in [2.75, 3.05) is 20.1 Å². The van der Waals surface area contributed by atoms with Crippen molar-refractivity contribution in [3.63, 3.8) is 0 Å². The van der Waals surface area contributed by atoms with Gasteiger partial charge in [-0.3, -0.25) is 0 Å². The molecule has 0 radical (unpaired) electrons. The summed E-state index contributed by atoms with van der Waals surface area (Å²) in [6, 6.07) is 12.1. The van der Waals surface area contributed by atoms with Gasteiger partial charge in [0.15, 0.2) is 23.0 Å². The first-order valence-electron chi connectivity index (χ1n) is 8.47. The highest BCUT2D eigenvalue weighted by Gasteiger charge is 2.14. The molecule has 2 aliphatic heterocycles. The van der Waals surface area contributed by atoms with Gasteiger partial charge < -0.3 is 34.5 Å². The molecule has 0 amide bonds. The molecule has 2 aliphatic rings. The first kappa shape index (κ1) is 19.3. The minimum Gasteiger partial charge on any atom is -0.473 e. The van der Waals surface area contributed by atoms with Crippen LogP contribution in [-0.4, -0.2) is 42.3 Å². The Morgan fingerprint density at radius 3 is 1.86 bits per heavy atom. The van der Waals surface area contributed by atoms with Crippen molar-refractivity contribution >= 4 is 11.9 Å². The normalized spacial score (nSPS) is 12.9. The first-order chi connectivity index (χ1) is 13.5. The summed E-state index contributed by atoms with van der Waals surface area (Å²) in [5, 5.41) is 18.2. The molecular formula is C19H19NO8. The summed E-state index contributed by atoms with van der Waals surface area (Å²) in [4.78, 5) is 18.2. The number of hydrogen-bond donors (Lipinski definition) is 3. The van der Waals surface area contributed by atoms with Crippen LogP contribution in [0.1, 0.15) is 11.1 Å². The van der Waals surface area contributed by atoms with Gasteiger partial charge in [0.2, 0.25) is 13.6 Å². The second-order valence-corrected chi connectivity index (χ2v) is 5.91. The summed E-state index contributed by atoms with van der Waals surface area (Å²) >= 11 is 0. The number of carbonyl (C=O) groups is 2. The van der Waals surface area contributed by atoms with Gasteiger partial charge in [-0.15, -0.1) is 0 Å². The van der Waals surface area contributed by atoms with Gasteiger partial charge in [-0.2, -0.15) is 0 Å². The highest BCUT2D eigenvalue weighted by molar-refractivity contribution is 6.27. The molecule has 2 aromatic rings. The summed E-state index contributed by atoms with van der Waals surface area (Å²) < 4.78 is 21.4. The van der Waals surface area contributed by atoms with E-state index in [4.69, 9.17) is 38.7 Å². The lowest BCUT2D eigenvalue weighted by Gasteiger charge is -2.07. The maximum Gasteiger partial charge on any atom is 0.414 e. The summed E-state index contributed by atoms with van der Waals surface area (Å²) in [5.74, 6) is -0.325. The van der Waals surface area contributed by atoms with Crippen LogP contribution in [0.25, 0.3) is 0 Å². The fourth-order valence-electron chi connectivity index (χ4n) is 2.61. The van der Waals surface area contributed by atoms with Crippen LogP contribution in [0.4, 0.5) is 0 Å². The number of aliphatic carboxylic acids is 2. The highest BCUT2D eigenvalue weighted by Crippen LogP contribution is 2.33. The second kappa shape index (κ2) is 8.96. The smallest absolute Gasteiger partial charge is 0.414 e. The second-order valence-electron chi connectivity index (χ2n) is 5.91. The molecule has 0 aliphatic carbocycles. The van der Waals surface area contributed by atoms with Crippen LogP contribution >= 0.6 is 0 Å². The predicted octanol–water partition coefficient (Wildman–Crippen LogP) is 1.63. The van der Waals surface area contributed by atoms with E-state index >= 15 is 0 Å². The molecule has 9 nitrogen and oxygen atoms in total. The number of carboxylic acid groups (broad SMARTS) is 2. The van der Waals surface area contributed by atoms with Crippen molar-refractivity contribution in [3.05, 3.63) is 47.5 Å². The van der Waals surface area contributed by atoms with Gasteiger partial charge in [0, 0.05) is 6.54 Å². The van der Waals surface area contributed by atoms with E-state index in [9.17, 15) is 0 Å². The van der Waals surface area contributed by atoms with Crippen molar-refractivity contribution in [1.29, 1.82) is 0 Å². The molecule has 3 N–H and O–H groups in total. The standard InChI is InChI=1S/C17H17NO4.C2H2O4/c1-3-14-16(21-10-19-14)7-12(1)5-6-18-9-13-2-4-15-17(8-13)22-11-20-15;3-1(4)2(5)6/h1-4,7-8,18H,5-6,9-11H2;(H,3,4)(H,5,6). The van der Waals surface area contributed by atoms with Crippen molar-refractivity contribution in [2.24, 2.45) is 0 Å². The number of carboxylic acids is 2. The van der Waals surface area contributed by atoms with Gasteiger partial charge in [0.25, 0.3) is 0 Å². The monoisotopic (exact) mass is 389 g/mol. The Bertz CT molecular complexity index is 796. The Labute approximate surface area is 160 Å². The Hall–Kier alpha value is -3.46. The van der Waals surface area contributed by atoms with E-state index < -0.39 is 11.9 Å². The molecule has 2 aromatic carbocycles. The summed E-state index contributed by atoms with van der Waals surface area (Å²) in [6.07, 6.45) is 0.946. The first-order valence-corrected chi connectivity index (χ1v) is 8.47. The van der Waals surface area contributed by atoms with E-state index in [1.54, 1.807) is 0 Å². The third-order valence-electron chi connectivity index (χ3n) is 3.98.